The van der Waals surface area contributed by atoms with Crippen molar-refractivity contribution in [2.75, 3.05) is 36.5 Å². The van der Waals surface area contributed by atoms with Crippen molar-refractivity contribution >= 4 is 11.9 Å². The van der Waals surface area contributed by atoms with Crippen molar-refractivity contribution in [3.8, 4) is 6.01 Å². The van der Waals surface area contributed by atoms with E-state index in [0.717, 1.165) is 0 Å². The van der Waals surface area contributed by atoms with Crippen LogP contribution in [0.15, 0.2) is 50.6 Å². The maximum Gasteiger partial charge on any atom is 0.323 e. The molecule has 1 aromatic heterocycles. The van der Waals surface area contributed by atoms with Crippen LogP contribution in [0.25, 0.3) is 0 Å². The zero-order chi connectivity index (χ0) is 15.5. The van der Waals surface area contributed by atoms with Crippen LogP contribution in [0.1, 0.15) is 0 Å². The van der Waals surface area contributed by atoms with Crippen LogP contribution in [0.2, 0.25) is 0 Å². The van der Waals surface area contributed by atoms with Crippen LogP contribution in [-0.2, 0) is 0 Å². The Morgan fingerprint density at radius 2 is 1.67 bits per heavy atom. The number of nitrogens with one attached hydrogen (secondary N) is 1. The van der Waals surface area contributed by atoms with Crippen LogP contribution in [0.4, 0.5) is 11.9 Å². The third kappa shape index (κ3) is 5.48. The van der Waals surface area contributed by atoms with Crippen molar-refractivity contribution in [2.45, 2.75) is 0 Å². The Balaban J connectivity index is 3.07. The molecule has 0 aromatic carbocycles. The Morgan fingerprint density at radius 1 is 0.952 bits per heavy atom. The first-order valence-electron chi connectivity index (χ1n) is 6.56. The number of hydrogen-bond donors (Lipinski definition) is 1. The largest absolute Gasteiger partial charge is 0.459 e. The van der Waals surface area contributed by atoms with E-state index in [9.17, 15) is 0 Å². The molecule has 112 valence electrons. The highest BCUT2D eigenvalue weighted by Crippen LogP contribution is 2.15. The van der Waals surface area contributed by atoms with E-state index in [-0.39, 0.29) is 6.01 Å². The van der Waals surface area contributed by atoms with Gasteiger partial charge in [-0.05, 0) is 0 Å². The SMILES string of the molecule is C=CCNc1nc(OCC=C)nc(N(CC=C)CC=C)n1. The van der Waals surface area contributed by atoms with Gasteiger partial charge in [-0.25, -0.2) is 0 Å². The molecular formula is C15H21N5O. The van der Waals surface area contributed by atoms with Crippen LogP contribution in [0.3, 0.4) is 0 Å². The summed E-state index contributed by atoms with van der Waals surface area (Å²) >= 11 is 0. The van der Waals surface area contributed by atoms with Gasteiger partial charge in [0.25, 0.3) is 0 Å². The fourth-order valence-corrected chi connectivity index (χ4v) is 1.48. The molecule has 0 saturated carbocycles. The topological polar surface area (TPSA) is 63.2 Å². The summed E-state index contributed by atoms with van der Waals surface area (Å²) in [5.74, 6) is 0.924. The summed E-state index contributed by atoms with van der Waals surface area (Å²) in [5.41, 5.74) is 0. The summed E-state index contributed by atoms with van der Waals surface area (Å²) in [6.07, 6.45) is 6.90. The minimum atomic E-state index is 0.240. The van der Waals surface area contributed by atoms with Crippen LogP contribution in [-0.4, -0.2) is 41.2 Å². The van der Waals surface area contributed by atoms with E-state index in [1.165, 1.54) is 0 Å². The lowest BCUT2D eigenvalue weighted by atomic mass is 10.4. The number of ether oxygens (including phenoxy) is 1. The fraction of sp³-hybridized carbons (Fsp3) is 0.267. The molecular weight excluding hydrogens is 266 g/mol. The van der Waals surface area contributed by atoms with E-state index in [0.29, 0.717) is 38.1 Å². The highest BCUT2D eigenvalue weighted by Gasteiger charge is 2.12. The fourth-order valence-electron chi connectivity index (χ4n) is 1.48. The van der Waals surface area contributed by atoms with E-state index in [1.807, 2.05) is 4.90 Å². The van der Waals surface area contributed by atoms with Crippen molar-refractivity contribution in [3.63, 3.8) is 0 Å². The van der Waals surface area contributed by atoms with Gasteiger partial charge in [-0.1, -0.05) is 30.9 Å². The van der Waals surface area contributed by atoms with Crippen LogP contribution in [0, 0.1) is 0 Å². The zero-order valence-corrected chi connectivity index (χ0v) is 12.2. The summed E-state index contributed by atoms with van der Waals surface area (Å²) in [5, 5.41) is 3.03. The number of nitrogens with zero attached hydrogens (tertiary/aromatic N) is 4. The second kappa shape index (κ2) is 9.30. The quantitative estimate of drug-likeness (QED) is 0.630. The number of anilines is 2. The molecule has 1 rings (SSSR count). The van der Waals surface area contributed by atoms with E-state index in [4.69, 9.17) is 4.74 Å². The van der Waals surface area contributed by atoms with Crippen molar-refractivity contribution in [2.24, 2.45) is 0 Å². The summed E-state index contributed by atoms with van der Waals surface area (Å²) in [6, 6.07) is 0.240. The Kier molecular flexibility index (Phi) is 7.28. The van der Waals surface area contributed by atoms with Gasteiger partial charge in [-0.15, -0.1) is 19.7 Å². The monoisotopic (exact) mass is 287 g/mol. The third-order valence-electron chi connectivity index (χ3n) is 2.32. The number of aromatic nitrogens is 3. The predicted octanol–water partition coefficient (Wildman–Crippen LogP) is 2.21. The third-order valence-corrected chi connectivity index (χ3v) is 2.32. The highest BCUT2D eigenvalue weighted by atomic mass is 16.5. The van der Waals surface area contributed by atoms with E-state index in [1.54, 1.807) is 24.3 Å². The Bertz CT molecular complexity index is 461. The molecule has 6 heteroatoms. The molecule has 0 aliphatic rings. The van der Waals surface area contributed by atoms with Crippen molar-refractivity contribution in [3.05, 3.63) is 50.6 Å². The summed E-state index contributed by atoms with van der Waals surface area (Å²) < 4.78 is 5.40. The first kappa shape index (κ1) is 16.4. The van der Waals surface area contributed by atoms with Crippen LogP contribution >= 0.6 is 0 Å². The standard InChI is InChI=1S/C15H21N5O/c1-5-9-16-13-17-14(20(10-6-2)11-7-3)19-15(18-13)21-12-8-4/h5-8H,1-4,9-12H2,(H,16,17,18,19). The first-order valence-corrected chi connectivity index (χ1v) is 6.56. The van der Waals surface area contributed by atoms with Crippen LogP contribution in [0.5, 0.6) is 6.01 Å². The molecule has 0 spiro atoms. The van der Waals surface area contributed by atoms with Gasteiger partial charge in [0.1, 0.15) is 6.61 Å². The molecule has 0 fully saturated rings. The van der Waals surface area contributed by atoms with E-state index < -0.39 is 0 Å². The van der Waals surface area contributed by atoms with Crippen molar-refractivity contribution < 1.29 is 4.74 Å². The summed E-state index contributed by atoms with van der Waals surface area (Å²) in [6.45, 7) is 16.8. The summed E-state index contributed by atoms with van der Waals surface area (Å²) in [7, 11) is 0. The second-order valence-electron chi connectivity index (χ2n) is 3.99. The molecule has 21 heavy (non-hydrogen) atoms. The molecule has 0 atom stereocenters. The maximum absolute atomic E-state index is 5.40. The molecule has 1 N–H and O–H groups in total. The van der Waals surface area contributed by atoms with Gasteiger partial charge in [0, 0.05) is 19.6 Å². The maximum atomic E-state index is 5.40. The van der Waals surface area contributed by atoms with Crippen molar-refractivity contribution in [1.29, 1.82) is 0 Å². The molecule has 0 radical (unpaired) electrons. The molecule has 6 nitrogen and oxygen atoms in total. The predicted molar refractivity (Wildman–Crippen MR) is 86.8 cm³/mol. The normalized spacial score (nSPS) is 9.52. The van der Waals surface area contributed by atoms with Gasteiger partial charge >= 0.3 is 6.01 Å². The molecule has 0 aliphatic carbocycles. The van der Waals surface area contributed by atoms with Gasteiger partial charge in [-0.2, -0.15) is 15.0 Å². The van der Waals surface area contributed by atoms with Gasteiger partial charge < -0.3 is 15.0 Å². The van der Waals surface area contributed by atoms with Gasteiger partial charge in [-0.3, -0.25) is 0 Å². The molecule has 1 heterocycles. The first-order chi connectivity index (χ1) is 10.2. The Hall–Kier alpha value is -2.63. The van der Waals surface area contributed by atoms with E-state index in [2.05, 4.69) is 46.6 Å². The second-order valence-corrected chi connectivity index (χ2v) is 3.99. The molecule has 0 bridgehead atoms. The number of rotatable bonds is 11. The Labute approximate surface area is 125 Å². The zero-order valence-electron chi connectivity index (χ0n) is 12.2. The van der Waals surface area contributed by atoms with E-state index >= 15 is 0 Å². The minimum Gasteiger partial charge on any atom is -0.459 e. The Morgan fingerprint density at radius 3 is 2.24 bits per heavy atom. The molecule has 0 amide bonds. The van der Waals surface area contributed by atoms with Gasteiger partial charge in [0.2, 0.25) is 11.9 Å². The van der Waals surface area contributed by atoms with Gasteiger partial charge in [0.15, 0.2) is 0 Å². The van der Waals surface area contributed by atoms with Crippen LogP contribution < -0.4 is 15.0 Å². The minimum absolute atomic E-state index is 0.240. The smallest absolute Gasteiger partial charge is 0.323 e. The highest BCUT2D eigenvalue weighted by molar-refractivity contribution is 5.40. The molecule has 0 saturated heterocycles. The molecule has 1 aromatic rings. The lowest BCUT2D eigenvalue weighted by Gasteiger charge is -2.20. The lowest BCUT2D eigenvalue weighted by molar-refractivity contribution is 0.332. The lowest BCUT2D eigenvalue weighted by Crippen LogP contribution is -2.26. The van der Waals surface area contributed by atoms with Gasteiger partial charge in [0.05, 0.1) is 0 Å². The van der Waals surface area contributed by atoms with Crippen molar-refractivity contribution in [1.82, 2.24) is 15.0 Å². The average molecular weight is 287 g/mol. The summed E-state index contributed by atoms with van der Waals surface area (Å²) in [4.78, 5) is 14.7. The molecule has 0 unspecified atom stereocenters. The number of hydrogen-bond acceptors (Lipinski definition) is 6. The average Bonchev–Trinajstić information content (AvgIpc) is 2.50. The molecule has 0 aliphatic heterocycles.